The summed E-state index contributed by atoms with van der Waals surface area (Å²) in [6.07, 6.45) is 0. The normalized spacial score (nSPS) is 11.8. The van der Waals surface area contributed by atoms with E-state index in [1.807, 2.05) is 6.07 Å². The third-order valence-corrected chi connectivity index (χ3v) is 1.86. The molecule has 0 spiro atoms. The van der Waals surface area contributed by atoms with Gasteiger partial charge in [0.1, 0.15) is 0 Å². The summed E-state index contributed by atoms with van der Waals surface area (Å²) in [5.74, 6) is -0.621. The van der Waals surface area contributed by atoms with Crippen LogP contribution in [0.5, 0.6) is 5.75 Å². The fourth-order valence-electron chi connectivity index (χ4n) is 1.15. The zero-order chi connectivity index (χ0) is 9.84. The highest BCUT2D eigenvalue weighted by molar-refractivity contribution is 5.39. The summed E-state index contributed by atoms with van der Waals surface area (Å²) in [5.41, 5.74) is 0.588. The molecule has 0 radical (unpaired) electrons. The first-order valence-electron chi connectivity index (χ1n) is 3.92. The maximum Gasteiger partial charge on any atom is 0.165 e. The van der Waals surface area contributed by atoms with Crippen molar-refractivity contribution in [2.75, 3.05) is 7.11 Å². The quantitative estimate of drug-likeness (QED) is 0.698. The molecule has 3 heteroatoms. The Kier molecular flexibility index (Phi) is 2.86. The molecule has 1 rings (SSSR count). The van der Waals surface area contributed by atoms with Gasteiger partial charge in [0.15, 0.2) is 11.6 Å². The number of methoxy groups -OCH3 is 1. The Bertz CT molecular complexity index is 343. The van der Waals surface area contributed by atoms with Gasteiger partial charge in [-0.05, 0) is 13.0 Å². The van der Waals surface area contributed by atoms with Gasteiger partial charge in [-0.1, -0.05) is 12.1 Å². The minimum absolute atomic E-state index is 0.163. The van der Waals surface area contributed by atoms with Crippen LogP contribution >= 0.6 is 0 Å². The Hall–Kier alpha value is -1.56. The number of nitrogens with zero attached hydrogens (tertiary/aromatic N) is 1. The van der Waals surface area contributed by atoms with Crippen LogP contribution in [0.2, 0.25) is 0 Å². The molecule has 68 valence electrons. The monoisotopic (exact) mass is 179 g/mol. The summed E-state index contributed by atoms with van der Waals surface area (Å²) >= 11 is 0. The Labute approximate surface area is 76.6 Å². The predicted molar refractivity (Wildman–Crippen MR) is 47.0 cm³/mol. The minimum Gasteiger partial charge on any atom is -0.493 e. The molecule has 0 saturated heterocycles. The number of nitriles is 1. The van der Waals surface area contributed by atoms with E-state index >= 15 is 0 Å². The van der Waals surface area contributed by atoms with Gasteiger partial charge in [-0.25, -0.2) is 4.39 Å². The van der Waals surface area contributed by atoms with Crippen molar-refractivity contribution in [1.82, 2.24) is 0 Å². The second-order valence-corrected chi connectivity index (χ2v) is 2.71. The molecule has 0 saturated carbocycles. The standard InChI is InChI=1S/C10H10FNO/c1-7(6-12)8-4-3-5-9(11)10(8)13-2/h3-5,7H,1-2H3. The topological polar surface area (TPSA) is 33.0 Å². The number of rotatable bonds is 2. The minimum atomic E-state index is -0.429. The molecule has 0 aliphatic rings. The molecule has 0 aromatic heterocycles. The smallest absolute Gasteiger partial charge is 0.165 e. The fraction of sp³-hybridized carbons (Fsp3) is 0.300. The van der Waals surface area contributed by atoms with Crippen LogP contribution in [0.1, 0.15) is 18.4 Å². The second kappa shape index (κ2) is 3.90. The first kappa shape index (κ1) is 9.53. The Morgan fingerprint density at radius 2 is 2.23 bits per heavy atom. The fourth-order valence-corrected chi connectivity index (χ4v) is 1.15. The average molecular weight is 179 g/mol. The SMILES string of the molecule is COc1c(F)cccc1C(C)C#N. The molecule has 13 heavy (non-hydrogen) atoms. The van der Waals surface area contributed by atoms with Crippen LogP contribution in [0.15, 0.2) is 18.2 Å². The first-order valence-corrected chi connectivity index (χ1v) is 3.92. The van der Waals surface area contributed by atoms with Crippen LogP contribution < -0.4 is 4.74 Å². The zero-order valence-corrected chi connectivity index (χ0v) is 7.54. The highest BCUT2D eigenvalue weighted by atomic mass is 19.1. The molecule has 1 unspecified atom stereocenters. The van der Waals surface area contributed by atoms with Gasteiger partial charge in [0.25, 0.3) is 0 Å². The van der Waals surface area contributed by atoms with Gasteiger partial charge in [-0.15, -0.1) is 0 Å². The van der Waals surface area contributed by atoms with Gasteiger partial charge in [-0.2, -0.15) is 5.26 Å². The molecule has 0 amide bonds. The number of ether oxygens (including phenoxy) is 1. The van der Waals surface area contributed by atoms with Crippen LogP contribution in [0.4, 0.5) is 4.39 Å². The van der Waals surface area contributed by atoms with Gasteiger partial charge in [-0.3, -0.25) is 0 Å². The lowest BCUT2D eigenvalue weighted by Gasteiger charge is -2.09. The van der Waals surface area contributed by atoms with Gasteiger partial charge in [0, 0.05) is 5.56 Å². The summed E-state index contributed by atoms with van der Waals surface area (Å²) in [5, 5.41) is 8.67. The van der Waals surface area contributed by atoms with E-state index in [4.69, 9.17) is 10.00 Å². The molecule has 1 aromatic carbocycles. The van der Waals surface area contributed by atoms with Gasteiger partial charge in [0.2, 0.25) is 0 Å². The Morgan fingerprint density at radius 1 is 1.54 bits per heavy atom. The molecule has 0 fully saturated rings. The number of para-hydroxylation sites is 1. The van der Waals surface area contributed by atoms with Crippen LogP contribution in [-0.4, -0.2) is 7.11 Å². The van der Waals surface area contributed by atoms with Crippen molar-refractivity contribution in [3.63, 3.8) is 0 Å². The Balaban J connectivity index is 3.21. The third kappa shape index (κ3) is 1.78. The van der Waals surface area contributed by atoms with Crippen molar-refractivity contribution >= 4 is 0 Å². The van der Waals surface area contributed by atoms with E-state index in [-0.39, 0.29) is 11.7 Å². The Morgan fingerprint density at radius 3 is 2.77 bits per heavy atom. The molecule has 0 aliphatic carbocycles. The lowest BCUT2D eigenvalue weighted by atomic mass is 10.0. The molecule has 1 atom stereocenters. The lowest BCUT2D eigenvalue weighted by molar-refractivity contribution is 0.380. The van der Waals surface area contributed by atoms with E-state index in [0.717, 1.165) is 0 Å². The van der Waals surface area contributed by atoms with Crippen molar-refractivity contribution in [1.29, 1.82) is 5.26 Å². The van der Waals surface area contributed by atoms with Gasteiger partial charge >= 0.3 is 0 Å². The lowest BCUT2D eigenvalue weighted by Crippen LogP contribution is -1.97. The zero-order valence-electron chi connectivity index (χ0n) is 7.54. The highest BCUT2D eigenvalue weighted by Crippen LogP contribution is 2.28. The summed E-state index contributed by atoms with van der Waals surface area (Å²) < 4.78 is 18.0. The van der Waals surface area contributed by atoms with Gasteiger partial charge < -0.3 is 4.74 Å². The summed E-state index contributed by atoms with van der Waals surface area (Å²) in [7, 11) is 1.39. The predicted octanol–water partition coefficient (Wildman–Crippen LogP) is 2.46. The third-order valence-electron chi connectivity index (χ3n) is 1.86. The summed E-state index contributed by atoms with van der Waals surface area (Å²) in [6, 6.07) is 6.61. The van der Waals surface area contributed by atoms with E-state index in [1.165, 1.54) is 13.2 Å². The number of halogens is 1. The summed E-state index contributed by atoms with van der Waals surface area (Å²) in [6.45, 7) is 1.71. The molecule has 1 aromatic rings. The van der Waals surface area contributed by atoms with Crippen LogP contribution in [0.3, 0.4) is 0 Å². The van der Waals surface area contributed by atoms with Gasteiger partial charge in [0.05, 0.1) is 19.1 Å². The van der Waals surface area contributed by atoms with E-state index in [1.54, 1.807) is 19.1 Å². The van der Waals surface area contributed by atoms with Crippen LogP contribution in [0, 0.1) is 17.1 Å². The number of hydrogen-bond donors (Lipinski definition) is 0. The molecule has 0 heterocycles. The highest BCUT2D eigenvalue weighted by Gasteiger charge is 2.13. The summed E-state index contributed by atoms with van der Waals surface area (Å²) in [4.78, 5) is 0. The largest absolute Gasteiger partial charge is 0.493 e. The number of benzene rings is 1. The van der Waals surface area contributed by atoms with E-state index in [0.29, 0.717) is 5.56 Å². The van der Waals surface area contributed by atoms with E-state index in [2.05, 4.69) is 0 Å². The van der Waals surface area contributed by atoms with Crippen molar-refractivity contribution in [2.45, 2.75) is 12.8 Å². The molecular weight excluding hydrogens is 169 g/mol. The maximum absolute atomic E-state index is 13.1. The molecule has 0 aliphatic heterocycles. The van der Waals surface area contributed by atoms with E-state index in [9.17, 15) is 4.39 Å². The molecular formula is C10H10FNO. The van der Waals surface area contributed by atoms with Crippen LogP contribution in [-0.2, 0) is 0 Å². The maximum atomic E-state index is 13.1. The van der Waals surface area contributed by atoms with Crippen molar-refractivity contribution in [3.8, 4) is 11.8 Å². The molecule has 0 N–H and O–H groups in total. The van der Waals surface area contributed by atoms with Crippen molar-refractivity contribution in [3.05, 3.63) is 29.6 Å². The average Bonchev–Trinajstić information content (AvgIpc) is 2.16. The number of hydrogen-bond acceptors (Lipinski definition) is 2. The van der Waals surface area contributed by atoms with Crippen molar-refractivity contribution in [2.24, 2.45) is 0 Å². The molecule has 2 nitrogen and oxygen atoms in total. The molecule has 0 bridgehead atoms. The van der Waals surface area contributed by atoms with Crippen LogP contribution in [0.25, 0.3) is 0 Å². The van der Waals surface area contributed by atoms with Crippen molar-refractivity contribution < 1.29 is 9.13 Å². The second-order valence-electron chi connectivity index (χ2n) is 2.71. The first-order chi connectivity index (χ1) is 6.20. The van der Waals surface area contributed by atoms with E-state index < -0.39 is 5.82 Å².